The summed E-state index contributed by atoms with van der Waals surface area (Å²) in [5.41, 5.74) is 5.29. The van der Waals surface area contributed by atoms with Crippen molar-refractivity contribution < 1.29 is 9.22 Å². The van der Waals surface area contributed by atoms with Crippen molar-refractivity contribution in [1.29, 1.82) is 0 Å². The Bertz CT molecular complexity index is 197. The summed E-state index contributed by atoms with van der Waals surface area (Å²) >= 11 is 0. The lowest BCUT2D eigenvalue weighted by atomic mass is 10.2. The monoisotopic (exact) mass is 217 g/mol. The summed E-state index contributed by atoms with van der Waals surface area (Å²) in [4.78, 5) is 11.2. The van der Waals surface area contributed by atoms with Gasteiger partial charge in [-0.1, -0.05) is 20.8 Å². The lowest BCUT2D eigenvalue weighted by Crippen LogP contribution is -2.42. The third-order valence-corrected chi connectivity index (χ3v) is 7.30. The van der Waals surface area contributed by atoms with Gasteiger partial charge in [0, 0.05) is 6.42 Å². The van der Waals surface area contributed by atoms with Gasteiger partial charge in [-0.3, -0.25) is 4.79 Å². The predicted octanol–water partition coefficient (Wildman–Crippen LogP) is 1.93. The molecule has 0 bridgehead atoms. The average molecular weight is 217 g/mol. The second-order valence-corrected chi connectivity index (χ2v) is 9.94. The number of hydrogen-bond donors (Lipinski definition) is 1. The summed E-state index contributed by atoms with van der Waals surface area (Å²) in [7, 11) is -1.76. The van der Waals surface area contributed by atoms with Crippen LogP contribution < -0.4 is 5.73 Å². The van der Waals surface area contributed by atoms with Gasteiger partial charge in [-0.05, 0) is 24.7 Å². The van der Waals surface area contributed by atoms with Crippen molar-refractivity contribution in [2.45, 2.75) is 45.3 Å². The van der Waals surface area contributed by atoms with Gasteiger partial charge >= 0.3 is 0 Å². The van der Waals surface area contributed by atoms with Gasteiger partial charge in [-0.25, -0.2) is 0 Å². The van der Waals surface area contributed by atoms with E-state index in [-0.39, 0.29) is 17.4 Å². The van der Waals surface area contributed by atoms with Gasteiger partial charge in [0.05, 0.1) is 6.61 Å². The molecule has 2 N–H and O–H groups in total. The molecule has 0 saturated heterocycles. The summed E-state index contributed by atoms with van der Waals surface area (Å²) < 4.78 is 5.74. The highest BCUT2D eigenvalue weighted by Gasteiger charge is 2.37. The molecule has 3 nitrogen and oxygen atoms in total. The van der Waals surface area contributed by atoms with Crippen molar-refractivity contribution in [2.24, 2.45) is 5.73 Å². The van der Waals surface area contributed by atoms with Crippen molar-refractivity contribution in [1.82, 2.24) is 0 Å². The standard InChI is InChI=1S/C10H23NO2Si/c1-10(2,3)14(4,5)13-8-9(12)6-7-11/h6-8,11H2,1-5H3. The highest BCUT2D eigenvalue weighted by molar-refractivity contribution is 6.74. The van der Waals surface area contributed by atoms with Crippen LogP contribution in [0.15, 0.2) is 0 Å². The molecule has 0 aromatic carbocycles. The lowest BCUT2D eigenvalue weighted by Gasteiger charge is -2.35. The summed E-state index contributed by atoms with van der Waals surface area (Å²) in [6, 6.07) is 0. The number of hydrogen-bond acceptors (Lipinski definition) is 3. The molecule has 4 heteroatoms. The Kier molecular flexibility index (Phi) is 4.98. The third kappa shape index (κ3) is 4.35. The fourth-order valence-electron chi connectivity index (χ4n) is 0.711. The number of carbonyl (C=O) groups is 1. The van der Waals surface area contributed by atoms with Crippen LogP contribution in [-0.2, 0) is 9.22 Å². The van der Waals surface area contributed by atoms with Gasteiger partial charge in [-0.15, -0.1) is 0 Å². The molecule has 14 heavy (non-hydrogen) atoms. The maximum atomic E-state index is 11.2. The number of nitrogens with two attached hydrogens (primary N) is 1. The van der Waals surface area contributed by atoms with Crippen LogP contribution in [0.25, 0.3) is 0 Å². The average Bonchev–Trinajstić information content (AvgIpc) is 1.99. The largest absolute Gasteiger partial charge is 0.410 e. The summed E-state index contributed by atoms with van der Waals surface area (Å²) in [6.45, 7) is 11.4. The van der Waals surface area contributed by atoms with E-state index in [1.54, 1.807) is 0 Å². The molecule has 0 aromatic rings. The molecule has 0 aromatic heterocycles. The van der Waals surface area contributed by atoms with Gasteiger partial charge in [-0.2, -0.15) is 0 Å². The van der Waals surface area contributed by atoms with Crippen molar-refractivity contribution in [2.75, 3.05) is 13.2 Å². The molecule has 0 heterocycles. The first kappa shape index (κ1) is 13.8. The quantitative estimate of drug-likeness (QED) is 0.716. The van der Waals surface area contributed by atoms with Crippen LogP contribution in [0, 0.1) is 0 Å². The Labute approximate surface area is 88.1 Å². The molecule has 0 atom stereocenters. The second kappa shape index (κ2) is 5.05. The molecule has 0 aliphatic heterocycles. The van der Waals surface area contributed by atoms with E-state index in [9.17, 15) is 4.79 Å². The van der Waals surface area contributed by atoms with Crippen molar-refractivity contribution in [3.8, 4) is 0 Å². The normalized spacial score (nSPS) is 13.0. The zero-order valence-electron chi connectivity index (χ0n) is 10.0. The number of Topliss-reactive ketones (excluding diaryl/α,β-unsaturated/α-hetero) is 1. The molecule has 0 rings (SSSR count). The highest BCUT2D eigenvalue weighted by atomic mass is 28.4. The molecule has 0 aliphatic rings. The maximum Gasteiger partial charge on any atom is 0.192 e. The molecule has 0 saturated carbocycles. The van der Waals surface area contributed by atoms with E-state index < -0.39 is 8.32 Å². The minimum Gasteiger partial charge on any atom is -0.410 e. The van der Waals surface area contributed by atoms with Crippen molar-refractivity contribution in [3.05, 3.63) is 0 Å². The molecule has 0 amide bonds. The van der Waals surface area contributed by atoms with Crippen molar-refractivity contribution >= 4 is 14.1 Å². The summed E-state index contributed by atoms with van der Waals surface area (Å²) in [5.74, 6) is 0.109. The molecular weight excluding hydrogens is 194 g/mol. The third-order valence-electron chi connectivity index (χ3n) is 2.82. The summed E-state index contributed by atoms with van der Waals surface area (Å²) in [5, 5.41) is 0.163. The Morgan fingerprint density at radius 3 is 2.21 bits per heavy atom. The lowest BCUT2D eigenvalue weighted by molar-refractivity contribution is -0.121. The highest BCUT2D eigenvalue weighted by Crippen LogP contribution is 2.36. The smallest absolute Gasteiger partial charge is 0.192 e. The Morgan fingerprint density at radius 2 is 1.86 bits per heavy atom. The minimum absolute atomic E-state index is 0.109. The van der Waals surface area contributed by atoms with Crippen LogP contribution in [0.5, 0.6) is 0 Å². The van der Waals surface area contributed by atoms with E-state index in [1.165, 1.54) is 0 Å². The fraction of sp³-hybridized carbons (Fsp3) is 0.900. The van der Waals surface area contributed by atoms with Crippen LogP contribution in [0.3, 0.4) is 0 Å². The molecule has 0 aliphatic carbocycles. The van der Waals surface area contributed by atoms with Gasteiger partial charge in [0.2, 0.25) is 0 Å². The molecule has 0 radical (unpaired) electrons. The van der Waals surface area contributed by atoms with E-state index >= 15 is 0 Å². The van der Waals surface area contributed by atoms with Gasteiger partial charge in [0.25, 0.3) is 0 Å². The summed E-state index contributed by atoms with van der Waals surface area (Å²) in [6.07, 6.45) is 0.425. The molecule has 0 unspecified atom stereocenters. The van der Waals surface area contributed by atoms with E-state index in [0.29, 0.717) is 13.0 Å². The molecular formula is C10H23NO2Si. The predicted molar refractivity (Wildman–Crippen MR) is 61.8 cm³/mol. The first-order chi connectivity index (χ1) is 6.20. The Hall–Kier alpha value is -0.193. The maximum absolute atomic E-state index is 11.2. The minimum atomic E-state index is -1.76. The Balaban J connectivity index is 4.06. The molecule has 84 valence electrons. The Morgan fingerprint density at radius 1 is 1.36 bits per heavy atom. The zero-order chi connectivity index (χ0) is 11.4. The first-order valence-corrected chi connectivity index (χ1v) is 7.97. The van der Waals surface area contributed by atoms with Crippen LogP contribution in [0.2, 0.25) is 18.1 Å². The van der Waals surface area contributed by atoms with E-state index in [1.807, 2.05) is 0 Å². The van der Waals surface area contributed by atoms with Gasteiger partial charge in [0.15, 0.2) is 14.1 Å². The fourth-order valence-corrected chi connectivity index (χ4v) is 1.67. The number of carbonyl (C=O) groups excluding carboxylic acids is 1. The van der Waals surface area contributed by atoms with Crippen LogP contribution in [0.4, 0.5) is 0 Å². The van der Waals surface area contributed by atoms with E-state index in [4.69, 9.17) is 10.2 Å². The van der Waals surface area contributed by atoms with Gasteiger partial charge in [0.1, 0.15) is 0 Å². The van der Waals surface area contributed by atoms with Crippen molar-refractivity contribution in [3.63, 3.8) is 0 Å². The van der Waals surface area contributed by atoms with Gasteiger partial charge < -0.3 is 10.2 Å². The number of rotatable bonds is 5. The second-order valence-electron chi connectivity index (χ2n) is 5.13. The van der Waals surface area contributed by atoms with E-state index in [0.717, 1.165) is 0 Å². The first-order valence-electron chi connectivity index (χ1n) is 5.06. The van der Waals surface area contributed by atoms with Crippen LogP contribution >= 0.6 is 0 Å². The zero-order valence-corrected chi connectivity index (χ0v) is 11.0. The molecule has 0 fully saturated rings. The SMILES string of the molecule is CC(C)(C)[Si](C)(C)OCC(=O)CCN. The van der Waals surface area contributed by atoms with Crippen LogP contribution in [0.1, 0.15) is 27.2 Å². The molecule has 0 spiro atoms. The van der Waals surface area contributed by atoms with E-state index in [2.05, 4.69) is 33.9 Å². The topological polar surface area (TPSA) is 52.3 Å². The number of ketones is 1. The van der Waals surface area contributed by atoms with Crippen LogP contribution in [-0.4, -0.2) is 27.3 Å².